The fourth-order valence-electron chi connectivity index (χ4n) is 3.78. The van der Waals surface area contributed by atoms with Gasteiger partial charge in [0.15, 0.2) is 11.4 Å². The van der Waals surface area contributed by atoms with E-state index in [0.717, 1.165) is 39.8 Å². The molecule has 2 aromatic heterocycles. The van der Waals surface area contributed by atoms with Gasteiger partial charge in [0.05, 0.1) is 19.9 Å². The van der Waals surface area contributed by atoms with Gasteiger partial charge in [0.1, 0.15) is 11.1 Å². The third-order valence-corrected chi connectivity index (χ3v) is 6.27. The van der Waals surface area contributed by atoms with Crippen molar-refractivity contribution in [3.8, 4) is 5.75 Å². The summed E-state index contributed by atoms with van der Waals surface area (Å²) in [5.41, 5.74) is 8.42. The zero-order chi connectivity index (χ0) is 19.3. The number of anilines is 1. The lowest BCUT2D eigenvalue weighted by Gasteiger charge is -2.20. The summed E-state index contributed by atoms with van der Waals surface area (Å²) in [7, 11) is 1.67. The zero-order valence-electron chi connectivity index (χ0n) is 16.2. The molecule has 2 heterocycles. The minimum Gasteiger partial charge on any atom is -0.496 e. The van der Waals surface area contributed by atoms with Crippen molar-refractivity contribution < 1.29 is 9.26 Å². The van der Waals surface area contributed by atoms with Gasteiger partial charge >= 0.3 is 0 Å². The Kier molecular flexibility index (Phi) is 6.07. The van der Waals surface area contributed by atoms with Crippen molar-refractivity contribution in [2.75, 3.05) is 17.6 Å². The lowest BCUT2D eigenvalue weighted by molar-refractivity contribution is 0.391. The number of aromatic nitrogens is 3. The van der Waals surface area contributed by atoms with Gasteiger partial charge in [-0.25, -0.2) is 0 Å². The molecular formula is C20H27N5O2S. The van der Waals surface area contributed by atoms with Gasteiger partial charge in [0.25, 0.3) is 0 Å². The van der Waals surface area contributed by atoms with Crippen molar-refractivity contribution in [3.63, 3.8) is 0 Å². The largest absolute Gasteiger partial charge is 0.496 e. The Labute approximate surface area is 169 Å². The number of hydrogen-bond donors (Lipinski definition) is 2. The van der Waals surface area contributed by atoms with Crippen LogP contribution in [0.4, 0.5) is 5.82 Å². The van der Waals surface area contributed by atoms with E-state index < -0.39 is 0 Å². The maximum absolute atomic E-state index is 5.66. The van der Waals surface area contributed by atoms with E-state index >= 15 is 0 Å². The van der Waals surface area contributed by atoms with Gasteiger partial charge in [-0.05, 0) is 36.5 Å². The summed E-state index contributed by atoms with van der Waals surface area (Å²) in [5, 5.41) is 9.45. The summed E-state index contributed by atoms with van der Waals surface area (Å²) in [6.45, 7) is 1.10. The first-order valence-electron chi connectivity index (χ1n) is 9.82. The van der Waals surface area contributed by atoms with Gasteiger partial charge in [0, 0.05) is 24.1 Å². The number of hydrogen-bond acceptors (Lipinski definition) is 7. The fourth-order valence-corrected chi connectivity index (χ4v) is 4.71. The van der Waals surface area contributed by atoms with E-state index in [4.69, 9.17) is 15.0 Å². The highest BCUT2D eigenvalue weighted by atomic mass is 32.2. The highest BCUT2D eigenvalue weighted by molar-refractivity contribution is 8.00. The van der Waals surface area contributed by atoms with E-state index in [1.807, 2.05) is 23.0 Å². The Bertz CT molecular complexity index is 917. The molecule has 0 aliphatic heterocycles. The van der Waals surface area contributed by atoms with Crippen LogP contribution in [-0.4, -0.2) is 27.8 Å². The Balaban J connectivity index is 1.48. The van der Waals surface area contributed by atoms with E-state index in [2.05, 4.69) is 15.0 Å². The number of nitrogens with zero attached hydrogens (tertiary/aromatic N) is 3. The highest BCUT2D eigenvalue weighted by Gasteiger charge is 2.17. The van der Waals surface area contributed by atoms with Gasteiger partial charge < -0.3 is 19.7 Å². The van der Waals surface area contributed by atoms with Gasteiger partial charge in [0.2, 0.25) is 0 Å². The quantitative estimate of drug-likeness (QED) is 0.547. The summed E-state index contributed by atoms with van der Waals surface area (Å²) in [4.78, 5) is 0. The van der Waals surface area contributed by atoms with Crippen LogP contribution in [0.25, 0.3) is 11.0 Å². The van der Waals surface area contributed by atoms with Crippen molar-refractivity contribution in [1.82, 2.24) is 14.9 Å². The molecule has 0 bridgehead atoms. The van der Waals surface area contributed by atoms with E-state index in [9.17, 15) is 0 Å². The molecule has 7 nitrogen and oxygen atoms in total. The molecular weight excluding hydrogens is 374 g/mol. The van der Waals surface area contributed by atoms with Crippen LogP contribution in [0.5, 0.6) is 5.75 Å². The second kappa shape index (κ2) is 8.87. The molecule has 1 fully saturated rings. The SMILES string of the molecule is COc1cc(Cn2cc(CN)cn2)cc2onc(NSCC3CCCCC3)c12. The van der Waals surface area contributed by atoms with Crippen LogP contribution in [0, 0.1) is 5.92 Å². The van der Waals surface area contributed by atoms with Crippen LogP contribution in [0.3, 0.4) is 0 Å². The number of benzene rings is 1. The predicted molar refractivity (Wildman–Crippen MR) is 112 cm³/mol. The van der Waals surface area contributed by atoms with Gasteiger partial charge in [-0.1, -0.05) is 36.4 Å². The summed E-state index contributed by atoms with van der Waals surface area (Å²) in [5.74, 6) is 3.37. The molecule has 1 aliphatic rings. The molecule has 0 radical (unpaired) electrons. The Hall–Kier alpha value is -2.19. The van der Waals surface area contributed by atoms with E-state index in [-0.39, 0.29) is 0 Å². The van der Waals surface area contributed by atoms with Crippen LogP contribution in [0.1, 0.15) is 43.2 Å². The Morgan fingerprint density at radius 2 is 2.14 bits per heavy atom. The first-order valence-corrected chi connectivity index (χ1v) is 10.8. The number of methoxy groups -OCH3 is 1. The Morgan fingerprint density at radius 1 is 1.29 bits per heavy atom. The molecule has 3 aromatic rings. The van der Waals surface area contributed by atoms with E-state index in [1.165, 1.54) is 32.1 Å². The summed E-state index contributed by atoms with van der Waals surface area (Å²) < 4.78 is 16.4. The summed E-state index contributed by atoms with van der Waals surface area (Å²) in [6, 6.07) is 4.01. The molecule has 150 valence electrons. The molecule has 0 atom stereocenters. The molecule has 1 aromatic carbocycles. The summed E-state index contributed by atoms with van der Waals surface area (Å²) >= 11 is 1.71. The van der Waals surface area contributed by atoms with E-state index in [1.54, 1.807) is 25.3 Å². The van der Waals surface area contributed by atoms with Crippen LogP contribution >= 0.6 is 11.9 Å². The third-order valence-electron chi connectivity index (χ3n) is 5.30. The zero-order valence-corrected chi connectivity index (χ0v) is 17.0. The summed E-state index contributed by atoms with van der Waals surface area (Å²) in [6.07, 6.45) is 10.5. The van der Waals surface area contributed by atoms with Crippen LogP contribution in [0.15, 0.2) is 29.0 Å². The number of nitrogens with one attached hydrogen (secondary N) is 1. The fraction of sp³-hybridized carbons (Fsp3) is 0.500. The van der Waals surface area contributed by atoms with E-state index in [0.29, 0.717) is 18.7 Å². The van der Waals surface area contributed by atoms with Crippen LogP contribution in [-0.2, 0) is 13.1 Å². The van der Waals surface area contributed by atoms with Crippen LogP contribution < -0.4 is 15.2 Å². The average Bonchev–Trinajstić information content (AvgIpc) is 3.35. The lowest BCUT2D eigenvalue weighted by Crippen LogP contribution is -2.09. The normalized spacial score (nSPS) is 15.2. The monoisotopic (exact) mass is 401 g/mol. The molecule has 8 heteroatoms. The Morgan fingerprint density at radius 3 is 2.89 bits per heavy atom. The molecule has 0 saturated heterocycles. The van der Waals surface area contributed by atoms with Crippen molar-refractivity contribution in [2.45, 2.75) is 45.2 Å². The van der Waals surface area contributed by atoms with Crippen molar-refractivity contribution in [1.29, 1.82) is 0 Å². The second-order valence-corrected chi connectivity index (χ2v) is 8.20. The highest BCUT2D eigenvalue weighted by Crippen LogP contribution is 2.35. The molecule has 28 heavy (non-hydrogen) atoms. The van der Waals surface area contributed by atoms with Gasteiger partial charge in [-0.15, -0.1) is 0 Å². The molecule has 1 saturated carbocycles. The number of rotatable bonds is 8. The topological polar surface area (TPSA) is 91.1 Å². The number of fused-ring (bicyclic) bond motifs is 1. The molecule has 0 unspecified atom stereocenters. The smallest absolute Gasteiger partial charge is 0.191 e. The minimum atomic E-state index is 0.484. The van der Waals surface area contributed by atoms with Crippen molar-refractivity contribution in [2.24, 2.45) is 11.7 Å². The van der Waals surface area contributed by atoms with Gasteiger partial charge in [-0.2, -0.15) is 5.10 Å². The van der Waals surface area contributed by atoms with Crippen LogP contribution in [0.2, 0.25) is 0 Å². The van der Waals surface area contributed by atoms with Gasteiger partial charge in [-0.3, -0.25) is 4.68 Å². The number of nitrogens with two attached hydrogens (primary N) is 1. The van der Waals surface area contributed by atoms with Crippen molar-refractivity contribution >= 4 is 28.7 Å². The number of ether oxygens (including phenoxy) is 1. The predicted octanol–water partition coefficient (Wildman–Crippen LogP) is 4.18. The average molecular weight is 402 g/mol. The third kappa shape index (κ3) is 4.28. The second-order valence-electron chi connectivity index (χ2n) is 7.37. The molecule has 3 N–H and O–H groups in total. The molecule has 1 aliphatic carbocycles. The first-order chi connectivity index (χ1) is 13.8. The maximum atomic E-state index is 5.66. The molecule has 4 rings (SSSR count). The first kappa shape index (κ1) is 19.1. The lowest BCUT2D eigenvalue weighted by atomic mass is 9.91. The molecule has 0 amide bonds. The minimum absolute atomic E-state index is 0.484. The standard InChI is InChI=1S/C20H27N5O2S/c1-26-17-7-15(11-25-12-16(9-21)10-22-25)8-18-19(17)20(23-27-18)24-28-13-14-5-3-2-4-6-14/h7-8,10,12,14H,2-6,9,11,13,21H2,1H3,(H,23,24). The van der Waals surface area contributed by atoms with Crippen molar-refractivity contribution in [3.05, 3.63) is 35.7 Å². The molecule has 0 spiro atoms. The maximum Gasteiger partial charge on any atom is 0.191 e.